The van der Waals surface area contributed by atoms with Crippen LogP contribution >= 0.6 is 0 Å². The van der Waals surface area contributed by atoms with Gasteiger partial charge in [-0.1, -0.05) is 13.0 Å². The van der Waals surface area contributed by atoms with Crippen LogP contribution in [-0.2, 0) is 9.59 Å². The van der Waals surface area contributed by atoms with Crippen molar-refractivity contribution in [1.29, 1.82) is 0 Å². The molecule has 1 saturated carbocycles. The highest BCUT2D eigenvalue weighted by atomic mass is 16.2. The van der Waals surface area contributed by atoms with Crippen molar-refractivity contribution in [3.05, 3.63) is 24.4 Å². The summed E-state index contributed by atoms with van der Waals surface area (Å²) >= 11 is 0. The van der Waals surface area contributed by atoms with E-state index >= 15 is 0 Å². The first-order valence-electron chi connectivity index (χ1n) is 10.3. The average Bonchev–Trinajstić information content (AvgIpc) is 3.49. The molecule has 0 spiro atoms. The zero-order valence-electron chi connectivity index (χ0n) is 16.2. The molecule has 0 unspecified atom stereocenters. The smallest absolute Gasteiger partial charge is 0.228 e. The predicted octanol–water partition coefficient (Wildman–Crippen LogP) is 2.06. The Labute approximate surface area is 161 Å². The fourth-order valence-corrected chi connectivity index (χ4v) is 4.70. The lowest BCUT2D eigenvalue weighted by molar-refractivity contribution is -0.135. The number of carbonyl (C=O) groups is 2. The first-order valence-corrected chi connectivity index (χ1v) is 10.3. The molecule has 1 aromatic rings. The molecule has 2 saturated heterocycles. The molecule has 146 valence electrons. The maximum atomic E-state index is 13.3. The second-order valence-electron chi connectivity index (χ2n) is 8.37. The van der Waals surface area contributed by atoms with Gasteiger partial charge < -0.3 is 15.1 Å². The van der Waals surface area contributed by atoms with E-state index in [1.807, 2.05) is 30.0 Å². The highest BCUT2D eigenvalue weighted by Crippen LogP contribution is 2.44. The van der Waals surface area contributed by atoms with E-state index in [1.54, 1.807) is 6.20 Å². The minimum Gasteiger partial charge on any atom is -0.355 e. The zero-order valence-corrected chi connectivity index (χ0v) is 16.2. The van der Waals surface area contributed by atoms with Gasteiger partial charge in [0.25, 0.3) is 0 Å². The summed E-state index contributed by atoms with van der Waals surface area (Å²) in [6, 6.07) is 5.91. The zero-order chi connectivity index (χ0) is 18.9. The lowest BCUT2D eigenvalue weighted by Crippen LogP contribution is -2.48. The van der Waals surface area contributed by atoms with Crippen molar-refractivity contribution in [3.63, 3.8) is 0 Å². The van der Waals surface area contributed by atoms with Gasteiger partial charge in [0.05, 0.1) is 5.41 Å². The lowest BCUT2D eigenvalue weighted by atomic mass is 9.74. The summed E-state index contributed by atoms with van der Waals surface area (Å²) in [6.07, 6.45) is 6.51. The van der Waals surface area contributed by atoms with Gasteiger partial charge >= 0.3 is 0 Å². The van der Waals surface area contributed by atoms with Gasteiger partial charge in [-0.3, -0.25) is 9.59 Å². The van der Waals surface area contributed by atoms with Crippen molar-refractivity contribution in [2.45, 2.75) is 39.0 Å². The molecular weight excluding hydrogens is 340 g/mol. The molecule has 0 bridgehead atoms. The third-order valence-electron chi connectivity index (χ3n) is 6.52. The van der Waals surface area contributed by atoms with Gasteiger partial charge in [-0.15, -0.1) is 0 Å². The summed E-state index contributed by atoms with van der Waals surface area (Å²) in [7, 11) is 0. The molecule has 2 amide bonds. The number of nitrogens with zero attached hydrogens (tertiary/aromatic N) is 3. The van der Waals surface area contributed by atoms with Gasteiger partial charge in [-0.05, 0) is 43.7 Å². The molecule has 1 N–H and O–H groups in total. The molecule has 1 aliphatic carbocycles. The molecule has 3 aliphatic rings. The normalized spacial score (nSPS) is 27.8. The summed E-state index contributed by atoms with van der Waals surface area (Å²) in [6.45, 7) is 5.63. The van der Waals surface area contributed by atoms with Crippen molar-refractivity contribution in [2.75, 3.05) is 37.6 Å². The summed E-state index contributed by atoms with van der Waals surface area (Å²) in [5, 5.41) is 3.24. The molecule has 0 aromatic carbocycles. The van der Waals surface area contributed by atoms with Gasteiger partial charge in [0, 0.05) is 51.3 Å². The third kappa shape index (κ3) is 3.66. The number of hydrogen-bond donors (Lipinski definition) is 1. The molecule has 4 rings (SSSR count). The lowest BCUT2D eigenvalue weighted by Gasteiger charge is -2.32. The average molecular weight is 370 g/mol. The SMILES string of the molecule is CCC(=O)N1CCC[C@@]2(C(=O)NCC3CC3)CN(c3ccccn3)C[C@H]2C1. The molecular formula is C21H30N4O2. The fourth-order valence-electron chi connectivity index (χ4n) is 4.70. The highest BCUT2D eigenvalue weighted by Gasteiger charge is 2.53. The van der Waals surface area contributed by atoms with Crippen LogP contribution in [0.25, 0.3) is 0 Å². The van der Waals surface area contributed by atoms with E-state index in [1.165, 1.54) is 12.8 Å². The number of hydrogen-bond acceptors (Lipinski definition) is 4. The Balaban J connectivity index is 1.58. The van der Waals surface area contributed by atoms with Crippen LogP contribution in [0.4, 0.5) is 5.82 Å². The molecule has 27 heavy (non-hydrogen) atoms. The van der Waals surface area contributed by atoms with Gasteiger partial charge in [-0.25, -0.2) is 4.98 Å². The second-order valence-corrected chi connectivity index (χ2v) is 8.37. The predicted molar refractivity (Wildman–Crippen MR) is 104 cm³/mol. The van der Waals surface area contributed by atoms with E-state index in [0.29, 0.717) is 25.4 Å². The van der Waals surface area contributed by atoms with Crippen LogP contribution in [0.5, 0.6) is 0 Å². The van der Waals surface area contributed by atoms with Crippen LogP contribution in [0.2, 0.25) is 0 Å². The van der Waals surface area contributed by atoms with Crippen molar-refractivity contribution >= 4 is 17.6 Å². The van der Waals surface area contributed by atoms with E-state index in [2.05, 4.69) is 15.2 Å². The number of aromatic nitrogens is 1. The molecule has 1 aromatic heterocycles. The topological polar surface area (TPSA) is 65.5 Å². The Morgan fingerprint density at radius 1 is 1.30 bits per heavy atom. The van der Waals surface area contributed by atoms with Crippen molar-refractivity contribution in [3.8, 4) is 0 Å². The Hall–Kier alpha value is -2.11. The quantitative estimate of drug-likeness (QED) is 0.862. The molecule has 6 heteroatoms. The Morgan fingerprint density at radius 3 is 2.85 bits per heavy atom. The number of fused-ring (bicyclic) bond motifs is 1. The number of anilines is 1. The Kier molecular flexibility index (Phi) is 5.06. The van der Waals surface area contributed by atoms with E-state index in [-0.39, 0.29) is 17.7 Å². The van der Waals surface area contributed by atoms with Crippen molar-refractivity contribution < 1.29 is 9.59 Å². The summed E-state index contributed by atoms with van der Waals surface area (Å²) in [4.78, 5) is 34.4. The molecule has 6 nitrogen and oxygen atoms in total. The van der Waals surface area contributed by atoms with Crippen LogP contribution in [-0.4, -0.2) is 54.4 Å². The van der Waals surface area contributed by atoms with E-state index < -0.39 is 5.41 Å². The highest BCUT2D eigenvalue weighted by molar-refractivity contribution is 5.85. The minimum atomic E-state index is -0.421. The van der Waals surface area contributed by atoms with E-state index in [0.717, 1.165) is 38.3 Å². The number of carbonyl (C=O) groups excluding carboxylic acids is 2. The summed E-state index contributed by atoms with van der Waals surface area (Å²) in [5.74, 6) is 2.12. The monoisotopic (exact) mass is 370 g/mol. The number of likely N-dealkylation sites (tertiary alicyclic amines) is 1. The van der Waals surface area contributed by atoms with Gasteiger partial charge in [0.2, 0.25) is 11.8 Å². The maximum absolute atomic E-state index is 13.3. The molecule has 2 atom stereocenters. The summed E-state index contributed by atoms with van der Waals surface area (Å²) < 4.78 is 0. The third-order valence-corrected chi connectivity index (χ3v) is 6.52. The standard InChI is InChI=1S/C21H30N4O2/c1-2-19(26)24-11-5-9-21(20(27)23-12-16-7-8-16)15-25(14-17(21)13-24)18-6-3-4-10-22-18/h3-4,6,10,16-17H,2,5,7-9,11-15H2,1H3,(H,23,27)/t17-,21-/m1/s1. The molecule has 0 radical (unpaired) electrons. The van der Waals surface area contributed by atoms with Crippen LogP contribution in [0.15, 0.2) is 24.4 Å². The van der Waals surface area contributed by atoms with E-state index in [9.17, 15) is 9.59 Å². The van der Waals surface area contributed by atoms with Crippen LogP contribution in [0, 0.1) is 17.3 Å². The largest absolute Gasteiger partial charge is 0.355 e. The number of pyridine rings is 1. The first kappa shape index (κ1) is 18.3. The second kappa shape index (κ2) is 7.49. The van der Waals surface area contributed by atoms with Crippen LogP contribution in [0.1, 0.15) is 39.0 Å². The molecule has 3 heterocycles. The number of rotatable bonds is 5. The van der Waals surface area contributed by atoms with Crippen LogP contribution in [0.3, 0.4) is 0 Å². The maximum Gasteiger partial charge on any atom is 0.228 e. The van der Waals surface area contributed by atoms with Crippen molar-refractivity contribution in [1.82, 2.24) is 15.2 Å². The minimum absolute atomic E-state index is 0.150. The molecule has 3 fully saturated rings. The van der Waals surface area contributed by atoms with Crippen LogP contribution < -0.4 is 10.2 Å². The van der Waals surface area contributed by atoms with Gasteiger partial charge in [0.1, 0.15) is 5.82 Å². The van der Waals surface area contributed by atoms with Crippen molar-refractivity contribution in [2.24, 2.45) is 17.3 Å². The summed E-state index contributed by atoms with van der Waals surface area (Å²) in [5.41, 5.74) is -0.421. The van der Waals surface area contributed by atoms with Gasteiger partial charge in [-0.2, -0.15) is 0 Å². The Bertz CT molecular complexity index is 691. The van der Waals surface area contributed by atoms with Gasteiger partial charge in [0.15, 0.2) is 0 Å². The number of amides is 2. The van der Waals surface area contributed by atoms with E-state index in [4.69, 9.17) is 0 Å². The molecule has 2 aliphatic heterocycles. The fraction of sp³-hybridized carbons (Fsp3) is 0.667. The Morgan fingerprint density at radius 2 is 2.15 bits per heavy atom. The number of nitrogens with one attached hydrogen (secondary N) is 1. The first-order chi connectivity index (χ1) is 13.1.